The summed E-state index contributed by atoms with van der Waals surface area (Å²) >= 11 is 0. The fraction of sp³-hybridized carbons (Fsp3) is 0.300. The lowest BCUT2D eigenvalue weighted by molar-refractivity contribution is -0.128. The van der Waals surface area contributed by atoms with Crippen LogP contribution in [0.3, 0.4) is 0 Å². The largest absolute Gasteiger partial charge is 0.508 e. The second kappa shape index (κ2) is 8.59. The van der Waals surface area contributed by atoms with E-state index in [2.05, 4.69) is 4.74 Å². The first kappa shape index (κ1) is 11.5. The zero-order chi connectivity index (χ0) is 9.94. The van der Waals surface area contributed by atoms with Gasteiger partial charge in [-0.05, 0) is 18.6 Å². The van der Waals surface area contributed by atoms with Gasteiger partial charge in [-0.2, -0.15) is 0 Å². The van der Waals surface area contributed by atoms with Crippen LogP contribution in [-0.4, -0.2) is 18.2 Å². The molecule has 0 aliphatic carbocycles. The SMILES string of the molecule is CCCOC=O.Oc1ccccc1. The molecule has 3 nitrogen and oxygen atoms in total. The van der Waals surface area contributed by atoms with Crippen LogP contribution in [0.15, 0.2) is 30.3 Å². The van der Waals surface area contributed by atoms with Crippen molar-refractivity contribution in [1.82, 2.24) is 0 Å². The number of carbonyl (C=O) groups is 1. The molecule has 1 aromatic rings. The third kappa shape index (κ3) is 8.40. The molecule has 0 radical (unpaired) electrons. The average molecular weight is 182 g/mol. The number of rotatable bonds is 3. The minimum absolute atomic E-state index is 0.322. The first-order valence-electron chi connectivity index (χ1n) is 4.10. The molecule has 1 rings (SSSR count). The van der Waals surface area contributed by atoms with Gasteiger partial charge < -0.3 is 9.84 Å². The highest BCUT2D eigenvalue weighted by atomic mass is 16.5. The van der Waals surface area contributed by atoms with Gasteiger partial charge in [-0.15, -0.1) is 0 Å². The van der Waals surface area contributed by atoms with Gasteiger partial charge in [0.25, 0.3) is 6.47 Å². The van der Waals surface area contributed by atoms with Crippen LogP contribution in [0.5, 0.6) is 5.75 Å². The van der Waals surface area contributed by atoms with Crippen molar-refractivity contribution in [3.05, 3.63) is 30.3 Å². The van der Waals surface area contributed by atoms with Gasteiger partial charge in [0, 0.05) is 0 Å². The molecular weight excluding hydrogens is 168 g/mol. The Bertz CT molecular complexity index is 209. The topological polar surface area (TPSA) is 46.5 Å². The molecule has 0 saturated carbocycles. The van der Waals surface area contributed by atoms with Crippen molar-refractivity contribution in [2.45, 2.75) is 13.3 Å². The van der Waals surface area contributed by atoms with E-state index in [1.165, 1.54) is 0 Å². The zero-order valence-electron chi connectivity index (χ0n) is 7.64. The molecule has 0 atom stereocenters. The summed E-state index contributed by atoms with van der Waals surface area (Å²) < 4.78 is 4.30. The molecule has 0 aliphatic heterocycles. The fourth-order valence-electron chi connectivity index (χ4n) is 0.594. The first-order chi connectivity index (χ1) is 6.31. The Hall–Kier alpha value is -1.51. The van der Waals surface area contributed by atoms with E-state index in [4.69, 9.17) is 5.11 Å². The predicted octanol–water partition coefficient (Wildman–Crippen LogP) is 1.96. The molecule has 0 amide bonds. The molecule has 0 spiro atoms. The Kier molecular flexibility index (Phi) is 7.59. The Morgan fingerprint density at radius 2 is 2.00 bits per heavy atom. The lowest BCUT2D eigenvalue weighted by Gasteiger charge is -1.86. The third-order valence-corrected chi connectivity index (χ3v) is 1.15. The van der Waals surface area contributed by atoms with Crippen LogP contribution in [0.25, 0.3) is 0 Å². The Morgan fingerprint density at radius 1 is 1.38 bits per heavy atom. The van der Waals surface area contributed by atoms with E-state index < -0.39 is 0 Å². The lowest BCUT2D eigenvalue weighted by Crippen LogP contribution is -1.86. The summed E-state index contributed by atoms with van der Waals surface area (Å²) in [5.74, 6) is 0.322. The lowest BCUT2D eigenvalue weighted by atomic mass is 10.3. The van der Waals surface area contributed by atoms with Crippen molar-refractivity contribution in [2.24, 2.45) is 0 Å². The second-order valence-corrected chi connectivity index (χ2v) is 2.30. The van der Waals surface area contributed by atoms with Gasteiger partial charge >= 0.3 is 0 Å². The number of benzene rings is 1. The number of hydrogen-bond acceptors (Lipinski definition) is 3. The molecule has 1 N–H and O–H groups in total. The molecule has 72 valence electrons. The Balaban J connectivity index is 0.000000226. The summed E-state index contributed by atoms with van der Waals surface area (Å²) in [5.41, 5.74) is 0. The molecule has 13 heavy (non-hydrogen) atoms. The van der Waals surface area contributed by atoms with Crippen LogP contribution in [0.1, 0.15) is 13.3 Å². The minimum atomic E-state index is 0.322. The quantitative estimate of drug-likeness (QED) is 0.574. The summed E-state index contributed by atoms with van der Waals surface area (Å²) in [5, 5.41) is 8.63. The molecule has 0 bridgehead atoms. The number of ether oxygens (including phenoxy) is 1. The standard InChI is InChI=1S/C6H6O.C4H8O2/c7-6-4-2-1-3-5-6;1-2-3-6-4-5/h1-5,7H;4H,2-3H2,1H3. The monoisotopic (exact) mass is 182 g/mol. The molecule has 0 saturated heterocycles. The van der Waals surface area contributed by atoms with Crippen LogP contribution in [0.4, 0.5) is 0 Å². The third-order valence-electron chi connectivity index (χ3n) is 1.15. The van der Waals surface area contributed by atoms with Gasteiger partial charge in [-0.3, -0.25) is 4.79 Å². The van der Waals surface area contributed by atoms with Crippen LogP contribution in [-0.2, 0) is 9.53 Å². The van der Waals surface area contributed by atoms with E-state index in [0.29, 0.717) is 18.8 Å². The smallest absolute Gasteiger partial charge is 0.293 e. The van der Waals surface area contributed by atoms with Crippen molar-refractivity contribution in [3.63, 3.8) is 0 Å². The number of aromatic hydroxyl groups is 1. The van der Waals surface area contributed by atoms with Crippen molar-refractivity contribution in [3.8, 4) is 5.75 Å². The fourth-order valence-corrected chi connectivity index (χ4v) is 0.594. The molecular formula is C10H14O3. The zero-order valence-corrected chi connectivity index (χ0v) is 7.64. The van der Waals surface area contributed by atoms with Crippen LogP contribution < -0.4 is 0 Å². The number of para-hydroxylation sites is 1. The van der Waals surface area contributed by atoms with Crippen LogP contribution >= 0.6 is 0 Å². The minimum Gasteiger partial charge on any atom is -0.508 e. The molecule has 1 aromatic carbocycles. The van der Waals surface area contributed by atoms with Crippen molar-refractivity contribution in [1.29, 1.82) is 0 Å². The normalized spacial score (nSPS) is 8.08. The van der Waals surface area contributed by atoms with E-state index >= 15 is 0 Å². The van der Waals surface area contributed by atoms with E-state index in [0.717, 1.165) is 6.42 Å². The Morgan fingerprint density at radius 3 is 2.23 bits per heavy atom. The number of phenolic OH excluding ortho intramolecular Hbond substituents is 1. The molecule has 0 aliphatic rings. The summed E-state index contributed by atoms with van der Waals surface area (Å²) in [6.45, 7) is 2.95. The highest BCUT2D eigenvalue weighted by Gasteiger charge is 1.74. The van der Waals surface area contributed by atoms with Crippen LogP contribution in [0, 0.1) is 0 Å². The van der Waals surface area contributed by atoms with Crippen molar-refractivity contribution >= 4 is 6.47 Å². The van der Waals surface area contributed by atoms with Gasteiger partial charge in [0.2, 0.25) is 0 Å². The predicted molar refractivity (Wildman–Crippen MR) is 50.4 cm³/mol. The van der Waals surface area contributed by atoms with E-state index in [1.54, 1.807) is 24.3 Å². The summed E-state index contributed by atoms with van der Waals surface area (Å²) in [7, 11) is 0. The molecule has 0 fully saturated rings. The average Bonchev–Trinajstić information content (AvgIpc) is 2.17. The maximum atomic E-state index is 9.34. The molecule has 0 unspecified atom stereocenters. The van der Waals surface area contributed by atoms with Crippen molar-refractivity contribution in [2.75, 3.05) is 6.61 Å². The summed E-state index contributed by atoms with van der Waals surface area (Å²) in [6, 6.07) is 8.71. The van der Waals surface area contributed by atoms with Gasteiger partial charge in [0.05, 0.1) is 6.61 Å². The van der Waals surface area contributed by atoms with Gasteiger partial charge in [-0.25, -0.2) is 0 Å². The molecule has 3 heteroatoms. The maximum Gasteiger partial charge on any atom is 0.293 e. The summed E-state index contributed by atoms with van der Waals surface area (Å²) in [4.78, 5) is 9.34. The number of carbonyl (C=O) groups excluding carboxylic acids is 1. The number of hydrogen-bond donors (Lipinski definition) is 1. The molecule has 0 aromatic heterocycles. The Labute approximate surface area is 78.0 Å². The highest BCUT2D eigenvalue weighted by molar-refractivity contribution is 5.36. The van der Waals surface area contributed by atoms with E-state index in [9.17, 15) is 4.79 Å². The highest BCUT2D eigenvalue weighted by Crippen LogP contribution is 2.02. The first-order valence-corrected chi connectivity index (χ1v) is 4.10. The van der Waals surface area contributed by atoms with E-state index in [-0.39, 0.29) is 0 Å². The second-order valence-electron chi connectivity index (χ2n) is 2.30. The number of phenols is 1. The van der Waals surface area contributed by atoms with Gasteiger partial charge in [0.15, 0.2) is 0 Å². The van der Waals surface area contributed by atoms with Crippen molar-refractivity contribution < 1.29 is 14.6 Å². The maximum absolute atomic E-state index is 9.34. The van der Waals surface area contributed by atoms with Crippen LogP contribution in [0.2, 0.25) is 0 Å². The summed E-state index contributed by atoms with van der Waals surface area (Å²) in [6.07, 6.45) is 0.902. The van der Waals surface area contributed by atoms with Gasteiger partial charge in [0.1, 0.15) is 5.75 Å². The molecule has 0 heterocycles. The van der Waals surface area contributed by atoms with E-state index in [1.807, 2.05) is 13.0 Å². The van der Waals surface area contributed by atoms with Gasteiger partial charge in [-0.1, -0.05) is 25.1 Å².